The summed E-state index contributed by atoms with van der Waals surface area (Å²) in [7, 11) is 0. The van der Waals surface area contributed by atoms with E-state index in [1.54, 1.807) is 0 Å². The Morgan fingerprint density at radius 2 is 1.73 bits per heavy atom. The summed E-state index contributed by atoms with van der Waals surface area (Å²) in [4.78, 5) is 14.5. The Kier molecular flexibility index (Phi) is 5.34. The zero-order chi connectivity index (χ0) is 16.1. The van der Waals surface area contributed by atoms with Crippen LogP contribution in [0.1, 0.15) is 35.2 Å². The number of carbonyl (C=O) groups excluding carboxylic acids is 1. The highest BCUT2D eigenvalue weighted by Crippen LogP contribution is 2.17. The van der Waals surface area contributed by atoms with Gasteiger partial charge in [0.2, 0.25) is 5.91 Å². The average molecular weight is 296 g/mol. The summed E-state index contributed by atoms with van der Waals surface area (Å²) in [5.41, 5.74) is 10.5. The van der Waals surface area contributed by atoms with E-state index in [2.05, 4.69) is 19.1 Å². The summed E-state index contributed by atoms with van der Waals surface area (Å²) in [6, 6.07) is 15.4. The van der Waals surface area contributed by atoms with Crippen molar-refractivity contribution in [2.45, 2.75) is 33.4 Å². The van der Waals surface area contributed by atoms with Gasteiger partial charge < -0.3 is 10.6 Å². The van der Waals surface area contributed by atoms with Crippen LogP contribution >= 0.6 is 0 Å². The Morgan fingerprint density at radius 1 is 1.09 bits per heavy atom. The Bertz CT molecular complexity index is 634. The lowest BCUT2D eigenvalue weighted by atomic mass is 10.0. The van der Waals surface area contributed by atoms with Crippen LogP contribution in [0.2, 0.25) is 0 Å². The molecule has 0 heterocycles. The van der Waals surface area contributed by atoms with E-state index in [4.69, 9.17) is 5.73 Å². The van der Waals surface area contributed by atoms with Gasteiger partial charge >= 0.3 is 0 Å². The lowest BCUT2D eigenvalue weighted by Gasteiger charge is -2.25. The molecule has 0 aromatic heterocycles. The van der Waals surface area contributed by atoms with Gasteiger partial charge in [-0.2, -0.15) is 0 Å². The number of likely N-dealkylation sites (N-methyl/N-ethyl adjacent to an activating group) is 1. The molecule has 0 saturated carbocycles. The normalized spacial score (nSPS) is 12.0. The van der Waals surface area contributed by atoms with Gasteiger partial charge in [-0.15, -0.1) is 0 Å². The molecule has 2 aromatic rings. The highest BCUT2D eigenvalue weighted by Gasteiger charge is 2.21. The molecule has 0 spiro atoms. The highest BCUT2D eigenvalue weighted by molar-refractivity contribution is 5.83. The first-order valence-electron chi connectivity index (χ1n) is 7.68. The summed E-state index contributed by atoms with van der Waals surface area (Å²) in [6.07, 6.45) is 0. The summed E-state index contributed by atoms with van der Waals surface area (Å²) < 4.78 is 0. The number of nitrogens with two attached hydrogens (primary N) is 1. The Hall–Kier alpha value is -2.13. The van der Waals surface area contributed by atoms with Crippen LogP contribution in [0.15, 0.2) is 48.5 Å². The van der Waals surface area contributed by atoms with Crippen molar-refractivity contribution in [3.8, 4) is 0 Å². The molecule has 3 nitrogen and oxygen atoms in total. The molecule has 1 atom stereocenters. The SMILES string of the molecule is CCN(Cc1ccccc1C)C(=O)C(N)c1ccc(C)cc1. The first-order valence-corrected chi connectivity index (χ1v) is 7.68. The van der Waals surface area contributed by atoms with Crippen LogP contribution in [0.4, 0.5) is 0 Å². The molecule has 0 radical (unpaired) electrons. The number of hydrogen-bond donors (Lipinski definition) is 1. The van der Waals surface area contributed by atoms with Gasteiger partial charge in [0.1, 0.15) is 6.04 Å². The lowest BCUT2D eigenvalue weighted by molar-refractivity contribution is -0.133. The molecule has 0 aliphatic carbocycles. The van der Waals surface area contributed by atoms with E-state index < -0.39 is 6.04 Å². The van der Waals surface area contributed by atoms with Crippen molar-refractivity contribution in [2.24, 2.45) is 5.73 Å². The molecule has 2 aromatic carbocycles. The number of amides is 1. The van der Waals surface area contributed by atoms with Gasteiger partial charge in [-0.05, 0) is 37.5 Å². The molecule has 3 heteroatoms. The second kappa shape index (κ2) is 7.23. The summed E-state index contributed by atoms with van der Waals surface area (Å²) >= 11 is 0. The van der Waals surface area contributed by atoms with Crippen LogP contribution in [0.5, 0.6) is 0 Å². The van der Waals surface area contributed by atoms with Crippen molar-refractivity contribution in [3.05, 3.63) is 70.8 Å². The zero-order valence-electron chi connectivity index (χ0n) is 13.5. The smallest absolute Gasteiger partial charge is 0.244 e. The van der Waals surface area contributed by atoms with Crippen LogP contribution in [0, 0.1) is 13.8 Å². The second-order valence-corrected chi connectivity index (χ2v) is 5.67. The highest BCUT2D eigenvalue weighted by atomic mass is 16.2. The molecule has 2 rings (SSSR count). The fourth-order valence-corrected chi connectivity index (χ4v) is 2.45. The molecule has 0 aliphatic rings. The van der Waals surface area contributed by atoms with Crippen molar-refractivity contribution in [2.75, 3.05) is 6.54 Å². The third-order valence-corrected chi connectivity index (χ3v) is 4.02. The number of carbonyl (C=O) groups is 1. The maximum atomic E-state index is 12.7. The number of nitrogens with zero attached hydrogens (tertiary/aromatic N) is 1. The van der Waals surface area contributed by atoms with Gasteiger partial charge in [0.15, 0.2) is 0 Å². The first-order chi connectivity index (χ1) is 10.5. The van der Waals surface area contributed by atoms with Gasteiger partial charge in [-0.1, -0.05) is 54.1 Å². The van der Waals surface area contributed by atoms with E-state index in [0.717, 1.165) is 16.7 Å². The van der Waals surface area contributed by atoms with Crippen LogP contribution in [-0.2, 0) is 11.3 Å². The molecule has 1 amide bonds. The number of rotatable bonds is 5. The van der Waals surface area contributed by atoms with Crippen LogP contribution < -0.4 is 5.73 Å². The number of hydrogen-bond acceptors (Lipinski definition) is 2. The van der Waals surface area contributed by atoms with E-state index in [1.807, 2.05) is 55.1 Å². The predicted molar refractivity (Wildman–Crippen MR) is 90.4 cm³/mol. The zero-order valence-corrected chi connectivity index (χ0v) is 13.5. The molecule has 0 fully saturated rings. The molecule has 2 N–H and O–H groups in total. The third kappa shape index (κ3) is 3.74. The average Bonchev–Trinajstić information content (AvgIpc) is 2.53. The van der Waals surface area contributed by atoms with Gasteiger partial charge in [-0.25, -0.2) is 0 Å². The Morgan fingerprint density at radius 3 is 2.32 bits per heavy atom. The fraction of sp³-hybridized carbons (Fsp3) is 0.316. The predicted octanol–water partition coefficient (Wildman–Crippen LogP) is 3.35. The monoisotopic (exact) mass is 296 g/mol. The minimum Gasteiger partial charge on any atom is -0.337 e. The summed E-state index contributed by atoms with van der Waals surface area (Å²) in [6.45, 7) is 7.31. The Balaban J connectivity index is 2.14. The maximum absolute atomic E-state index is 12.7. The maximum Gasteiger partial charge on any atom is 0.244 e. The largest absolute Gasteiger partial charge is 0.337 e. The summed E-state index contributed by atoms with van der Waals surface area (Å²) in [5.74, 6) is -0.0328. The van der Waals surface area contributed by atoms with E-state index in [1.165, 1.54) is 5.56 Å². The number of benzene rings is 2. The van der Waals surface area contributed by atoms with Crippen molar-refractivity contribution >= 4 is 5.91 Å². The second-order valence-electron chi connectivity index (χ2n) is 5.67. The topological polar surface area (TPSA) is 46.3 Å². The molecule has 0 saturated heterocycles. The molecule has 1 unspecified atom stereocenters. The quantitative estimate of drug-likeness (QED) is 0.919. The van der Waals surface area contributed by atoms with Gasteiger partial charge in [0.25, 0.3) is 0 Å². The Labute approximate surface area is 132 Å². The molecular formula is C19H24N2O. The molecule has 0 aliphatic heterocycles. The lowest BCUT2D eigenvalue weighted by Crippen LogP contribution is -2.38. The number of aryl methyl sites for hydroxylation is 2. The van der Waals surface area contributed by atoms with Crippen LogP contribution in [-0.4, -0.2) is 17.4 Å². The van der Waals surface area contributed by atoms with Gasteiger partial charge in [0, 0.05) is 13.1 Å². The van der Waals surface area contributed by atoms with Gasteiger partial charge in [0.05, 0.1) is 0 Å². The third-order valence-electron chi connectivity index (χ3n) is 4.02. The van der Waals surface area contributed by atoms with E-state index in [0.29, 0.717) is 13.1 Å². The molecular weight excluding hydrogens is 272 g/mol. The van der Waals surface area contributed by atoms with E-state index in [9.17, 15) is 4.79 Å². The van der Waals surface area contributed by atoms with Gasteiger partial charge in [-0.3, -0.25) is 4.79 Å². The van der Waals surface area contributed by atoms with Crippen LogP contribution in [0.3, 0.4) is 0 Å². The molecule has 22 heavy (non-hydrogen) atoms. The van der Waals surface area contributed by atoms with Crippen LogP contribution in [0.25, 0.3) is 0 Å². The van der Waals surface area contributed by atoms with Crippen molar-refractivity contribution in [1.82, 2.24) is 4.90 Å². The first kappa shape index (κ1) is 16.2. The van der Waals surface area contributed by atoms with E-state index in [-0.39, 0.29) is 5.91 Å². The fourth-order valence-electron chi connectivity index (χ4n) is 2.45. The summed E-state index contributed by atoms with van der Waals surface area (Å²) in [5, 5.41) is 0. The standard InChI is InChI=1S/C19H24N2O/c1-4-21(13-17-8-6-5-7-15(17)3)19(22)18(20)16-11-9-14(2)10-12-16/h5-12,18H,4,13,20H2,1-3H3. The minimum atomic E-state index is -0.607. The molecule has 116 valence electrons. The molecule has 0 bridgehead atoms. The van der Waals surface area contributed by atoms with Crippen molar-refractivity contribution in [3.63, 3.8) is 0 Å². The van der Waals surface area contributed by atoms with Crippen molar-refractivity contribution in [1.29, 1.82) is 0 Å². The van der Waals surface area contributed by atoms with E-state index >= 15 is 0 Å². The minimum absolute atomic E-state index is 0.0328. The van der Waals surface area contributed by atoms with Crippen molar-refractivity contribution < 1.29 is 4.79 Å².